The first-order valence-corrected chi connectivity index (χ1v) is 7.69. The molecule has 1 aromatic heterocycles. The van der Waals surface area contributed by atoms with Crippen molar-refractivity contribution >= 4 is 10.0 Å². The average molecular weight is 268 g/mol. The van der Waals surface area contributed by atoms with Gasteiger partial charge in [-0.25, -0.2) is 13.1 Å². The molecule has 1 heterocycles. The summed E-state index contributed by atoms with van der Waals surface area (Å²) in [5.41, 5.74) is -0.285. The van der Waals surface area contributed by atoms with Gasteiger partial charge in [0.05, 0.1) is 0 Å². The Morgan fingerprint density at radius 2 is 2.11 bits per heavy atom. The Bertz CT molecular complexity index is 612. The molecule has 0 unspecified atom stereocenters. The normalized spacial score (nSPS) is 21.8. The van der Waals surface area contributed by atoms with Crippen LogP contribution in [0.25, 0.3) is 0 Å². The van der Waals surface area contributed by atoms with Crippen LogP contribution in [-0.4, -0.2) is 19.9 Å². The second kappa shape index (κ2) is 3.93. The second-order valence-corrected chi connectivity index (χ2v) is 7.07. The number of pyridine rings is 1. The lowest BCUT2D eigenvalue weighted by molar-refractivity contribution is 0.431. The molecule has 2 fully saturated rings. The molecule has 0 radical (unpaired) electrons. The first-order chi connectivity index (χ1) is 8.54. The fourth-order valence-corrected chi connectivity index (χ4v) is 3.70. The summed E-state index contributed by atoms with van der Waals surface area (Å²) < 4.78 is 26.7. The molecule has 0 amide bonds. The summed E-state index contributed by atoms with van der Waals surface area (Å²) in [5, 5.41) is 0. The lowest BCUT2D eigenvalue weighted by Crippen LogP contribution is -2.33. The standard InChI is InChI=1S/C12H16N2O3S/c15-10-3-6-13-7-11(10)18(16,17)14-8-12(4-5-12)9-1-2-9/h3,6-7,9,14H,1-2,4-5,8H2,(H,13,15). The largest absolute Gasteiger partial charge is 0.366 e. The van der Waals surface area contributed by atoms with Gasteiger partial charge >= 0.3 is 0 Å². The van der Waals surface area contributed by atoms with Gasteiger partial charge in [0, 0.05) is 25.0 Å². The zero-order chi connectivity index (χ0) is 12.8. The molecule has 2 saturated carbocycles. The molecule has 0 atom stereocenters. The lowest BCUT2D eigenvalue weighted by Gasteiger charge is -2.14. The molecule has 5 nitrogen and oxygen atoms in total. The van der Waals surface area contributed by atoms with Crippen LogP contribution in [-0.2, 0) is 10.0 Å². The lowest BCUT2D eigenvalue weighted by atomic mass is 10.0. The predicted molar refractivity (Wildman–Crippen MR) is 66.6 cm³/mol. The molecule has 0 spiro atoms. The molecular weight excluding hydrogens is 252 g/mol. The van der Waals surface area contributed by atoms with Crippen LogP contribution in [0.3, 0.4) is 0 Å². The van der Waals surface area contributed by atoms with E-state index < -0.39 is 15.5 Å². The quantitative estimate of drug-likeness (QED) is 0.830. The van der Waals surface area contributed by atoms with Crippen molar-refractivity contribution in [1.29, 1.82) is 0 Å². The summed E-state index contributed by atoms with van der Waals surface area (Å²) in [4.78, 5) is 14.0. The SMILES string of the molecule is O=c1cc[nH]cc1S(=O)(=O)NCC1(C2CC2)CC1. The van der Waals surface area contributed by atoms with Gasteiger partial charge in [0.1, 0.15) is 4.90 Å². The van der Waals surface area contributed by atoms with Crippen LogP contribution in [0, 0.1) is 11.3 Å². The minimum Gasteiger partial charge on any atom is -0.366 e. The third-order valence-electron chi connectivity index (χ3n) is 4.03. The van der Waals surface area contributed by atoms with Crippen molar-refractivity contribution in [1.82, 2.24) is 9.71 Å². The van der Waals surface area contributed by atoms with Crippen molar-refractivity contribution in [3.05, 3.63) is 28.7 Å². The van der Waals surface area contributed by atoms with E-state index in [0.717, 1.165) is 12.8 Å². The Morgan fingerprint density at radius 3 is 2.67 bits per heavy atom. The average Bonchev–Trinajstić information content (AvgIpc) is 3.19. The van der Waals surface area contributed by atoms with Crippen LogP contribution in [0.2, 0.25) is 0 Å². The van der Waals surface area contributed by atoms with Gasteiger partial charge in [0.2, 0.25) is 15.5 Å². The van der Waals surface area contributed by atoms with E-state index in [9.17, 15) is 13.2 Å². The highest BCUT2D eigenvalue weighted by Crippen LogP contribution is 2.60. The molecule has 2 N–H and O–H groups in total. The van der Waals surface area contributed by atoms with Gasteiger partial charge in [-0.05, 0) is 37.0 Å². The molecule has 0 bridgehead atoms. The number of hydrogen-bond acceptors (Lipinski definition) is 3. The number of H-pyrrole nitrogens is 1. The fourth-order valence-electron chi connectivity index (χ4n) is 2.51. The maximum Gasteiger partial charge on any atom is 0.245 e. The molecule has 0 aromatic carbocycles. The highest BCUT2D eigenvalue weighted by Gasteiger charge is 2.53. The molecule has 18 heavy (non-hydrogen) atoms. The number of nitrogens with one attached hydrogen (secondary N) is 2. The van der Waals surface area contributed by atoms with E-state index >= 15 is 0 Å². The van der Waals surface area contributed by atoms with E-state index in [0.29, 0.717) is 12.5 Å². The summed E-state index contributed by atoms with van der Waals surface area (Å²) in [7, 11) is -3.68. The van der Waals surface area contributed by atoms with E-state index in [1.54, 1.807) is 0 Å². The molecule has 0 saturated heterocycles. The number of hydrogen-bond donors (Lipinski definition) is 2. The molecule has 1 aromatic rings. The highest BCUT2D eigenvalue weighted by atomic mass is 32.2. The Hall–Kier alpha value is -1.14. The van der Waals surface area contributed by atoms with Crippen LogP contribution in [0.5, 0.6) is 0 Å². The maximum absolute atomic E-state index is 12.0. The van der Waals surface area contributed by atoms with E-state index in [2.05, 4.69) is 9.71 Å². The molecule has 2 aliphatic rings. The van der Waals surface area contributed by atoms with Crippen LogP contribution in [0.4, 0.5) is 0 Å². The van der Waals surface area contributed by atoms with Gasteiger partial charge < -0.3 is 4.98 Å². The molecule has 0 aliphatic heterocycles. The summed E-state index contributed by atoms with van der Waals surface area (Å²) in [6, 6.07) is 1.22. The van der Waals surface area contributed by atoms with E-state index in [4.69, 9.17) is 0 Å². The van der Waals surface area contributed by atoms with Gasteiger partial charge in [-0.1, -0.05) is 0 Å². The molecular formula is C12H16N2O3S. The van der Waals surface area contributed by atoms with Crippen LogP contribution < -0.4 is 10.2 Å². The zero-order valence-electron chi connectivity index (χ0n) is 9.98. The minimum atomic E-state index is -3.68. The first kappa shape index (κ1) is 11.9. The summed E-state index contributed by atoms with van der Waals surface area (Å²) in [6.45, 7) is 0.467. The van der Waals surface area contributed by atoms with Crippen molar-refractivity contribution in [3.8, 4) is 0 Å². The van der Waals surface area contributed by atoms with Gasteiger partial charge in [0.15, 0.2) is 0 Å². The molecule has 2 aliphatic carbocycles. The number of rotatable bonds is 5. The van der Waals surface area contributed by atoms with Crippen molar-refractivity contribution in [2.45, 2.75) is 30.6 Å². The van der Waals surface area contributed by atoms with Gasteiger partial charge in [0.25, 0.3) is 0 Å². The van der Waals surface area contributed by atoms with E-state index in [1.165, 1.54) is 31.3 Å². The van der Waals surface area contributed by atoms with Gasteiger partial charge in [-0.15, -0.1) is 0 Å². The van der Waals surface area contributed by atoms with Crippen molar-refractivity contribution in [3.63, 3.8) is 0 Å². The molecule has 6 heteroatoms. The van der Waals surface area contributed by atoms with Gasteiger partial charge in [-0.3, -0.25) is 4.79 Å². The Balaban J connectivity index is 1.76. The molecule has 98 valence electrons. The Morgan fingerprint density at radius 1 is 1.39 bits per heavy atom. The number of sulfonamides is 1. The Labute approximate surface area is 106 Å². The highest BCUT2D eigenvalue weighted by molar-refractivity contribution is 7.89. The van der Waals surface area contributed by atoms with E-state index in [1.807, 2.05) is 0 Å². The summed E-state index contributed by atoms with van der Waals surface area (Å²) in [5.74, 6) is 0.689. The summed E-state index contributed by atoms with van der Waals surface area (Å²) in [6.07, 6.45) is 7.30. The molecule has 3 rings (SSSR count). The van der Waals surface area contributed by atoms with Crippen LogP contribution in [0.15, 0.2) is 28.2 Å². The van der Waals surface area contributed by atoms with Gasteiger partial charge in [-0.2, -0.15) is 0 Å². The predicted octanol–water partition coefficient (Wildman–Crippen LogP) is 0.843. The zero-order valence-corrected chi connectivity index (χ0v) is 10.8. The number of aromatic amines is 1. The van der Waals surface area contributed by atoms with Crippen molar-refractivity contribution < 1.29 is 8.42 Å². The monoisotopic (exact) mass is 268 g/mol. The fraction of sp³-hybridized carbons (Fsp3) is 0.583. The van der Waals surface area contributed by atoms with Crippen molar-refractivity contribution in [2.24, 2.45) is 11.3 Å². The minimum absolute atomic E-state index is 0.189. The first-order valence-electron chi connectivity index (χ1n) is 6.20. The van der Waals surface area contributed by atoms with Crippen LogP contribution >= 0.6 is 0 Å². The van der Waals surface area contributed by atoms with Crippen molar-refractivity contribution in [2.75, 3.05) is 6.54 Å². The Kier molecular flexibility index (Phi) is 2.60. The third kappa shape index (κ3) is 2.10. The topological polar surface area (TPSA) is 79.0 Å². The maximum atomic E-state index is 12.0. The third-order valence-corrected chi connectivity index (χ3v) is 5.45. The number of aromatic nitrogens is 1. The summed E-state index contributed by atoms with van der Waals surface area (Å²) >= 11 is 0. The van der Waals surface area contributed by atoms with E-state index in [-0.39, 0.29) is 10.3 Å². The smallest absolute Gasteiger partial charge is 0.245 e. The van der Waals surface area contributed by atoms with Crippen LogP contribution in [0.1, 0.15) is 25.7 Å². The second-order valence-electron chi connectivity index (χ2n) is 5.33.